The van der Waals surface area contributed by atoms with E-state index in [4.69, 9.17) is 0 Å². The van der Waals surface area contributed by atoms with Crippen molar-refractivity contribution < 1.29 is 9.18 Å². The third-order valence-corrected chi connectivity index (χ3v) is 5.50. The number of hydrogen-bond acceptors (Lipinski definition) is 5. The summed E-state index contributed by atoms with van der Waals surface area (Å²) in [6.45, 7) is 12.5. The number of ketones is 1. The highest BCUT2D eigenvalue weighted by Gasteiger charge is 2.32. The zero-order valence-corrected chi connectivity index (χ0v) is 17.6. The molecule has 0 aromatic carbocycles. The van der Waals surface area contributed by atoms with Crippen molar-refractivity contribution in [1.82, 2.24) is 14.9 Å². The van der Waals surface area contributed by atoms with Crippen molar-refractivity contribution in [3.05, 3.63) is 17.3 Å². The standard InChI is InChI=1S/C21H35FN4O/c1-6-9-17(10-7-2)26-13-12-25(14-18(26)11-8-3)21-15(4)23-19(16(5)27)20(22)24-21/h17-18H,6-14H2,1-5H3. The van der Waals surface area contributed by atoms with Gasteiger partial charge in [0.1, 0.15) is 0 Å². The first kappa shape index (κ1) is 21.7. The summed E-state index contributed by atoms with van der Waals surface area (Å²) in [4.78, 5) is 24.7. The van der Waals surface area contributed by atoms with Gasteiger partial charge in [-0.1, -0.05) is 40.0 Å². The first-order chi connectivity index (χ1) is 12.9. The van der Waals surface area contributed by atoms with Crippen LogP contribution in [0.4, 0.5) is 10.2 Å². The highest BCUT2D eigenvalue weighted by molar-refractivity contribution is 5.92. The average molecular weight is 379 g/mol. The SMILES string of the molecule is CCCC(CCC)N1CCN(c2nc(F)c(C(C)=O)nc2C)CC1CCC. The molecule has 1 atom stereocenters. The van der Waals surface area contributed by atoms with Crippen LogP contribution < -0.4 is 4.90 Å². The van der Waals surface area contributed by atoms with Crippen molar-refractivity contribution in [2.45, 2.75) is 85.2 Å². The minimum absolute atomic E-state index is 0.161. The number of anilines is 1. The van der Waals surface area contributed by atoms with E-state index in [0.717, 1.165) is 32.5 Å². The van der Waals surface area contributed by atoms with Crippen molar-refractivity contribution in [3.8, 4) is 0 Å². The molecule has 0 spiro atoms. The number of carbonyl (C=O) groups is 1. The number of piperazine rings is 1. The second-order valence-electron chi connectivity index (χ2n) is 7.69. The Morgan fingerprint density at radius 2 is 1.81 bits per heavy atom. The Labute approximate surface area is 163 Å². The molecule has 1 fully saturated rings. The molecule has 0 bridgehead atoms. The predicted octanol–water partition coefficient (Wildman–Crippen LogP) is 4.39. The highest BCUT2D eigenvalue weighted by atomic mass is 19.1. The quantitative estimate of drug-likeness (QED) is 0.597. The van der Waals surface area contributed by atoms with Gasteiger partial charge in [-0.2, -0.15) is 9.37 Å². The number of rotatable bonds is 9. The van der Waals surface area contributed by atoms with Crippen molar-refractivity contribution in [2.75, 3.05) is 24.5 Å². The molecule has 1 aliphatic rings. The highest BCUT2D eigenvalue weighted by Crippen LogP contribution is 2.27. The monoisotopic (exact) mass is 378 g/mol. The third-order valence-electron chi connectivity index (χ3n) is 5.50. The molecule has 1 saturated heterocycles. The Hall–Kier alpha value is -1.56. The van der Waals surface area contributed by atoms with E-state index in [1.165, 1.54) is 32.6 Å². The van der Waals surface area contributed by atoms with Gasteiger partial charge < -0.3 is 4.90 Å². The molecule has 2 heterocycles. The summed E-state index contributed by atoms with van der Waals surface area (Å²) in [6, 6.07) is 1.08. The maximum Gasteiger partial charge on any atom is 0.244 e. The zero-order chi connectivity index (χ0) is 20.0. The summed E-state index contributed by atoms with van der Waals surface area (Å²) in [5.41, 5.74) is 0.468. The van der Waals surface area contributed by atoms with Gasteiger partial charge in [-0.05, 0) is 26.2 Å². The molecular formula is C21H35FN4O. The summed E-state index contributed by atoms with van der Waals surface area (Å²) in [5, 5.41) is 0. The largest absolute Gasteiger partial charge is 0.352 e. The lowest BCUT2D eigenvalue weighted by molar-refractivity contribution is 0.0975. The van der Waals surface area contributed by atoms with E-state index in [2.05, 4.69) is 40.5 Å². The number of Topliss-reactive ketones (excluding diaryl/α,β-unsaturated/α-hetero) is 1. The van der Waals surface area contributed by atoms with Crippen LogP contribution in [0.1, 0.15) is 82.4 Å². The molecule has 5 nitrogen and oxygen atoms in total. The van der Waals surface area contributed by atoms with E-state index in [0.29, 0.717) is 23.6 Å². The average Bonchev–Trinajstić information content (AvgIpc) is 2.63. The van der Waals surface area contributed by atoms with Gasteiger partial charge in [-0.25, -0.2) is 4.98 Å². The molecule has 0 saturated carbocycles. The molecule has 6 heteroatoms. The van der Waals surface area contributed by atoms with Gasteiger partial charge in [0.25, 0.3) is 0 Å². The summed E-state index contributed by atoms with van der Waals surface area (Å²) in [5.74, 6) is -0.557. The molecule has 27 heavy (non-hydrogen) atoms. The first-order valence-corrected chi connectivity index (χ1v) is 10.5. The van der Waals surface area contributed by atoms with Gasteiger partial charge in [0.2, 0.25) is 5.95 Å². The van der Waals surface area contributed by atoms with Crippen LogP contribution in [0.15, 0.2) is 0 Å². The second-order valence-corrected chi connectivity index (χ2v) is 7.69. The fourth-order valence-electron chi connectivity index (χ4n) is 4.29. The Balaban J connectivity index is 2.23. The molecule has 152 valence electrons. The minimum atomic E-state index is -0.757. The van der Waals surface area contributed by atoms with E-state index in [1.807, 2.05) is 6.92 Å². The van der Waals surface area contributed by atoms with Crippen LogP contribution in [-0.2, 0) is 0 Å². The van der Waals surface area contributed by atoms with Gasteiger partial charge in [-0.15, -0.1) is 0 Å². The number of halogens is 1. The molecule has 0 amide bonds. The molecule has 1 aromatic heterocycles. The van der Waals surface area contributed by atoms with Crippen LogP contribution in [0.25, 0.3) is 0 Å². The van der Waals surface area contributed by atoms with E-state index in [-0.39, 0.29) is 11.5 Å². The zero-order valence-electron chi connectivity index (χ0n) is 17.6. The van der Waals surface area contributed by atoms with Crippen LogP contribution >= 0.6 is 0 Å². The number of hydrogen-bond donors (Lipinski definition) is 0. The topological polar surface area (TPSA) is 49.3 Å². The lowest BCUT2D eigenvalue weighted by atomic mass is 9.98. The van der Waals surface area contributed by atoms with Crippen LogP contribution in [0.5, 0.6) is 0 Å². The van der Waals surface area contributed by atoms with Gasteiger partial charge in [-0.3, -0.25) is 9.69 Å². The molecule has 0 radical (unpaired) electrons. The van der Waals surface area contributed by atoms with Crippen molar-refractivity contribution in [1.29, 1.82) is 0 Å². The molecule has 1 aromatic rings. The first-order valence-electron chi connectivity index (χ1n) is 10.5. The summed E-state index contributed by atoms with van der Waals surface area (Å²) >= 11 is 0. The maximum atomic E-state index is 14.3. The van der Waals surface area contributed by atoms with E-state index in [9.17, 15) is 9.18 Å². The fourth-order valence-corrected chi connectivity index (χ4v) is 4.29. The number of nitrogens with zero attached hydrogens (tertiary/aromatic N) is 4. The lowest BCUT2D eigenvalue weighted by Gasteiger charge is -2.46. The van der Waals surface area contributed by atoms with E-state index < -0.39 is 5.95 Å². The van der Waals surface area contributed by atoms with Crippen molar-refractivity contribution in [2.24, 2.45) is 0 Å². The molecule has 1 unspecified atom stereocenters. The summed E-state index contributed by atoms with van der Waals surface area (Å²) in [7, 11) is 0. The molecular weight excluding hydrogens is 343 g/mol. The Morgan fingerprint density at radius 1 is 1.15 bits per heavy atom. The third kappa shape index (κ3) is 5.24. The van der Waals surface area contributed by atoms with Gasteiger partial charge in [0.15, 0.2) is 17.3 Å². The smallest absolute Gasteiger partial charge is 0.244 e. The summed E-state index contributed by atoms with van der Waals surface area (Å²) < 4.78 is 14.3. The van der Waals surface area contributed by atoms with E-state index in [1.54, 1.807) is 0 Å². The van der Waals surface area contributed by atoms with Crippen LogP contribution in [0, 0.1) is 12.9 Å². The molecule has 0 aliphatic carbocycles. The van der Waals surface area contributed by atoms with Gasteiger partial charge >= 0.3 is 0 Å². The van der Waals surface area contributed by atoms with E-state index >= 15 is 0 Å². The van der Waals surface area contributed by atoms with Gasteiger partial charge in [0, 0.05) is 38.6 Å². The lowest BCUT2D eigenvalue weighted by Crippen LogP contribution is -2.57. The molecule has 2 rings (SSSR count). The molecule has 1 aliphatic heterocycles. The number of carbonyl (C=O) groups excluding carboxylic acids is 1. The Bertz CT molecular complexity index is 631. The summed E-state index contributed by atoms with van der Waals surface area (Å²) in [6.07, 6.45) is 7.12. The fraction of sp³-hybridized carbons (Fsp3) is 0.762. The molecule has 0 N–H and O–H groups in total. The Morgan fingerprint density at radius 3 is 2.37 bits per heavy atom. The van der Waals surface area contributed by atoms with Crippen LogP contribution in [-0.4, -0.2) is 52.4 Å². The maximum absolute atomic E-state index is 14.3. The van der Waals surface area contributed by atoms with Crippen LogP contribution in [0.2, 0.25) is 0 Å². The van der Waals surface area contributed by atoms with Crippen LogP contribution in [0.3, 0.4) is 0 Å². The van der Waals surface area contributed by atoms with Crippen molar-refractivity contribution >= 4 is 11.6 Å². The van der Waals surface area contributed by atoms with Crippen molar-refractivity contribution in [3.63, 3.8) is 0 Å². The normalized spacial score (nSPS) is 18.3. The minimum Gasteiger partial charge on any atom is -0.352 e. The second kappa shape index (κ2) is 10.1. The Kier molecular flexibility index (Phi) is 8.14. The van der Waals surface area contributed by atoms with Gasteiger partial charge in [0.05, 0.1) is 5.69 Å². The number of aromatic nitrogens is 2. The predicted molar refractivity (Wildman–Crippen MR) is 108 cm³/mol. The number of aryl methyl sites for hydroxylation is 1.